The molecule has 0 saturated heterocycles. The zero-order chi connectivity index (χ0) is 13.8. The van der Waals surface area contributed by atoms with Crippen LogP contribution in [-0.4, -0.2) is 10.9 Å². The van der Waals surface area contributed by atoms with Gasteiger partial charge in [-0.15, -0.1) is 0 Å². The number of halogens is 2. The second-order valence-electron chi connectivity index (χ2n) is 3.65. The fraction of sp³-hybridized carbons (Fsp3) is 0. The van der Waals surface area contributed by atoms with E-state index in [4.69, 9.17) is 17.4 Å². The molecule has 0 fully saturated rings. The lowest BCUT2D eigenvalue weighted by Gasteiger charge is -2.07. The van der Waals surface area contributed by atoms with Gasteiger partial charge in [0.05, 0.1) is 22.6 Å². The van der Waals surface area contributed by atoms with E-state index in [0.717, 1.165) is 6.07 Å². The van der Waals surface area contributed by atoms with E-state index in [2.05, 4.69) is 15.7 Å². The number of pyridine rings is 1. The number of rotatable bonds is 3. The summed E-state index contributed by atoms with van der Waals surface area (Å²) in [6.07, 6.45) is 1.40. The number of nitrogens with zero attached hydrogens (tertiary/aromatic N) is 1. The van der Waals surface area contributed by atoms with Crippen molar-refractivity contribution in [2.45, 2.75) is 0 Å². The zero-order valence-electron chi connectivity index (χ0n) is 9.65. The average Bonchev–Trinajstić information content (AvgIpc) is 2.43. The van der Waals surface area contributed by atoms with E-state index in [1.807, 2.05) is 0 Å². The van der Waals surface area contributed by atoms with Gasteiger partial charge in [0.1, 0.15) is 11.5 Å². The first-order valence-electron chi connectivity index (χ1n) is 5.29. The molecule has 4 N–H and O–H groups in total. The summed E-state index contributed by atoms with van der Waals surface area (Å²) in [7, 11) is 0. The number of anilines is 2. The van der Waals surface area contributed by atoms with E-state index in [0.29, 0.717) is 5.69 Å². The molecule has 0 unspecified atom stereocenters. The van der Waals surface area contributed by atoms with Crippen molar-refractivity contribution in [1.82, 2.24) is 4.98 Å². The van der Waals surface area contributed by atoms with Crippen LogP contribution in [0.3, 0.4) is 0 Å². The molecule has 0 spiro atoms. The van der Waals surface area contributed by atoms with E-state index in [-0.39, 0.29) is 16.4 Å². The van der Waals surface area contributed by atoms with E-state index >= 15 is 0 Å². The fourth-order valence-electron chi connectivity index (χ4n) is 1.39. The minimum Gasteiger partial charge on any atom is -0.323 e. The smallest absolute Gasteiger partial charge is 0.274 e. The molecule has 5 nitrogen and oxygen atoms in total. The van der Waals surface area contributed by atoms with Crippen LogP contribution in [0.25, 0.3) is 0 Å². The maximum absolute atomic E-state index is 13.1. The molecule has 1 aromatic carbocycles. The lowest BCUT2D eigenvalue weighted by molar-refractivity contribution is 0.102. The second-order valence-corrected chi connectivity index (χ2v) is 4.06. The van der Waals surface area contributed by atoms with Crippen molar-refractivity contribution in [3.63, 3.8) is 0 Å². The van der Waals surface area contributed by atoms with Gasteiger partial charge in [0.15, 0.2) is 0 Å². The van der Waals surface area contributed by atoms with Gasteiger partial charge in [0.25, 0.3) is 5.91 Å². The number of hydrogen-bond acceptors (Lipinski definition) is 4. The van der Waals surface area contributed by atoms with Gasteiger partial charge < -0.3 is 10.7 Å². The van der Waals surface area contributed by atoms with Crippen LogP contribution in [-0.2, 0) is 0 Å². The maximum atomic E-state index is 13.1. The predicted molar refractivity (Wildman–Crippen MR) is 71.4 cm³/mol. The molecule has 0 saturated carbocycles. The second kappa shape index (κ2) is 5.64. The van der Waals surface area contributed by atoms with Gasteiger partial charge in [-0.1, -0.05) is 11.6 Å². The zero-order valence-corrected chi connectivity index (χ0v) is 10.4. The van der Waals surface area contributed by atoms with Gasteiger partial charge in [-0.25, -0.2) is 9.37 Å². The predicted octanol–water partition coefficient (Wildman–Crippen LogP) is 2.41. The number of nitrogens with one attached hydrogen (secondary N) is 2. The van der Waals surface area contributed by atoms with Crippen molar-refractivity contribution in [2.75, 3.05) is 10.7 Å². The highest BCUT2D eigenvalue weighted by molar-refractivity contribution is 6.33. The highest BCUT2D eigenvalue weighted by Gasteiger charge is 2.10. The lowest BCUT2D eigenvalue weighted by Crippen LogP contribution is -2.15. The summed E-state index contributed by atoms with van der Waals surface area (Å²) in [6, 6.07) is 6.78. The fourth-order valence-corrected chi connectivity index (χ4v) is 1.56. The molecule has 2 rings (SSSR count). The molecule has 0 aliphatic heterocycles. The van der Waals surface area contributed by atoms with E-state index in [1.165, 1.54) is 24.4 Å². The number of amides is 1. The molecule has 1 amide bonds. The number of benzene rings is 1. The molecule has 2 aromatic rings. The van der Waals surface area contributed by atoms with Crippen LogP contribution in [0, 0.1) is 5.82 Å². The topological polar surface area (TPSA) is 80.0 Å². The minimum atomic E-state index is -0.490. The number of nitrogens with two attached hydrogens (primary N) is 1. The quantitative estimate of drug-likeness (QED) is 0.596. The molecule has 0 atom stereocenters. The number of hydrogen-bond donors (Lipinski definition) is 3. The van der Waals surface area contributed by atoms with Gasteiger partial charge in [0.2, 0.25) is 0 Å². The van der Waals surface area contributed by atoms with Crippen LogP contribution < -0.4 is 16.6 Å². The first-order valence-corrected chi connectivity index (χ1v) is 5.67. The molecule has 1 heterocycles. The molecule has 0 radical (unpaired) electrons. The third kappa shape index (κ3) is 3.18. The maximum Gasteiger partial charge on any atom is 0.274 e. The number of carbonyl (C=O) groups is 1. The molecule has 0 aliphatic rings. The first kappa shape index (κ1) is 13.3. The molecular weight excluding hydrogens is 271 g/mol. The van der Waals surface area contributed by atoms with Gasteiger partial charge >= 0.3 is 0 Å². The Morgan fingerprint density at radius 3 is 2.74 bits per heavy atom. The van der Waals surface area contributed by atoms with Crippen molar-refractivity contribution >= 4 is 28.9 Å². The average molecular weight is 281 g/mol. The summed E-state index contributed by atoms with van der Waals surface area (Å²) >= 11 is 5.85. The highest BCUT2D eigenvalue weighted by atomic mass is 35.5. The third-order valence-corrected chi connectivity index (χ3v) is 2.67. The normalized spacial score (nSPS) is 10.1. The van der Waals surface area contributed by atoms with Crippen LogP contribution >= 0.6 is 11.6 Å². The van der Waals surface area contributed by atoms with Crippen molar-refractivity contribution in [2.24, 2.45) is 5.84 Å². The van der Waals surface area contributed by atoms with Crippen molar-refractivity contribution in [1.29, 1.82) is 0 Å². The number of hydrazine groups is 1. The summed E-state index contributed by atoms with van der Waals surface area (Å²) in [5.74, 6) is 4.21. The van der Waals surface area contributed by atoms with Crippen molar-refractivity contribution < 1.29 is 9.18 Å². The Labute approximate surface area is 113 Å². The molecule has 98 valence electrons. The van der Waals surface area contributed by atoms with Gasteiger partial charge in [0, 0.05) is 0 Å². The number of aromatic nitrogens is 1. The van der Waals surface area contributed by atoms with Crippen molar-refractivity contribution in [3.8, 4) is 0 Å². The monoisotopic (exact) mass is 280 g/mol. The minimum absolute atomic E-state index is 0.166. The molecule has 0 aliphatic carbocycles. The molecule has 7 heteroatoms. The van der Waals surface area contributed by atoms with E-state index < -0.39 is 11.7 Å². The summed E-state index contributed by atoms with van der Waals surface area (Å²) in [5.41, 5.74) is 3.32. The Kier molecular flexibility index (Phi) is 3.94. The number of carbonyl (C=O) groups excluding carboxylic acids is 1. The number of nitrogen functional groups attached to an aromatic ring is 1. The summed E-state index contributed by atoms with van der Waals surface area (Å²) < 4.78 is 13.1. The molecule has 19 heavy (non-hydrogen) atoms. The van der Waals surface area contributed by atoms with Gasteiger partial charge in [-0.05, 0) is 30.3 Å². The Bertz CT molecular complexity index is 603. The SMILES string of the molecule is NNc1ccc(C(=O)Nc2cc(F)ccc2Cl)nc1. The summed E-state index contributed by atoms with van der Waals surface area (Å²) in [4.78, 5) is 15.8. The molecular formula is C12H10ClFN4O. The third-order valence-electron chi connectivity index (χ3n) is 2.34. The molecule has 0 bridgehead atoms. The summed E-state index contributed by atoms with van der Waals surface area (Å²) in [5, 5.41) is 2.73. The van der Waals surface area contributed by atoms with Crippen LogP contribution in [0.15, 0.2) is 36.5 Å². The van der Waals surface area contributed by atoms with Gasteiger partial charge in [-0.2, -0.15) is 0 Å². The van der Waals surface area contributed by atoms with Crippen LogP contribution in [0.4, 0.5) is 15.8 Å². The van der Waals surface area contributed by atoms with E-state index in [1.54, 1.807) is 6.07 Å². The van der Waals surface area contributed by atoms with Crippen LogP contribution in [0.1, 0.15) is 10.5 Å². The Hall–Kier alpha value is -2.18. The highest BCUT2D eigenvalue weighted by Crippen LogP contribution is 2.22. The Morgan fingerprint density at radius 2 is 2.11 bits per heavy atom. The van der Waals surface area contributed by atoms with Crippen LogP contribution in [0.5, 0.6) is 0 Å². The Morgan fingerprint density at radius 1 is 1.32 bits per heavy atom. The van der Waals surface area contributed by atoms with Gasteiger partial charge in [-0.3, -0.25) is 10.6 Å². The lowest BCUT2D eigenvalue weighted by atomic mass is 10.2. The van der Waals surface area contributed by atoms with Crippen molar-refractivity contribution in [3.05, 3.63) is 53.1 Å². The standard InChI is InChI=1S/C12H10ClFN4O/c13-9-3-1-7(14)5-11(9)17-12(19)10-4-2-8(18-15)6-16-10/h1-6,18H,15H2,(H,17,19). The largest absolute Gasteiger partial charge is 0.323 e. The first-order chi connectivity index (χ1) is 9.10. The van der Waals surface area contributed by atoms with E-state index in [9.17, 15) is 9.18 Å². The summed E-state index contributed by atoms with van der Waals surface area (Å²) in [6.45, 7) is 0. The van der Waals surface area contributed by atoms with Crippen LogP contribution in [0.2, 0.25) is 5.02 Å². The molecule has 1 aromatic heterocycles. The Balaban J connectivity index is 2.18.